The molecule has 15 heavy (non-hydrogen) atoms. The molecule has 1 unspecified atom stereocenters. The van der Waals surface area contributed by atoms with Gasteiger partial charge in [0.05, 0.1) is 5.41 Å². The van der Waals surface area contributed by atoms with Crippen molar-refractivity contribution in [3.05, 3.63) is 0 Å². The van der Waals surface area contributed by atoms with E-state index in [1.165, 1.54) is 0 Å². The molecule has 90 valence electrons. The lowest BCUT2D eigenvalue weighted by Gasteiger charge is -2.25. The molecule has 0 aliphatic heterocycles. The van der Waals surface area contributed by atoms with Crippen LogP contribution < -0.4 is 0 Å². The van der Waals surface area contributed by atoms with E-state index in [0.29, 0.717) is 0 Å². The molecule has 1 atom stereocenters. The fourth-order valence-corrected chi connectivity index (χ4v) is 1.77. The van der Waals surface area contributed by atoms with Crippen LogP contribution in [0.1, 0.15) is 65.7 Å². The highest BCUT2D eigenvalue weighted by Gasteiger charge is 2.33. The van der Waals surface area contributed by atoms with Crippen molar-refractivity contribution in [1.82, 2.24) is 0 Å². The van der Waals surface area contributed by atoms with Gasteiger partial charge in [-0.3, -0.25) is 0 Å². The normalized spacial score (nSPS) is 14.7. The summed E-state index contributed by atoms with van der Waals surface area (Å²) in [6, 6.07) is 0. The van der Waals surface area contributed by atoms with Crippen LogP contribution in [0.3, 0.4) is 0 Å². The lowest BCUT2D eigenvalue weighted by atomic mass is 9.80. The molecule has 0 radical (unpaired) electrons. The van der Waals surface area contributed by atoms with Gasteiger partial charge in [0.15, 0.2) is 0 Å². The van der Waals surface area contributed by atoms with E-state index in [9.17, 15) is 4.79 Å². The van der Waals surface area contributed by atoms with Gasteiger partial charge in [0.25, 0.3) is 0 Å². The van der Waals surface area contributed by atoms with Crippen molar-refractivity contribution in [2.24, 2.45) is 5.41 Å². The monoisotopic (exact) mass is 216 g/mol. The molecule has 0 aliphatic rings. The molecule has 0 bridgehead atoms. The van der Waals surface area contributed by atoms with E-state index in [0.717, 1.165) is 44.9 Å². The number of unbranched alkanes of at least 4 members (excludes halogenated alkanes) is 3. The quantitative estimate of drug-likeness (QED) is 0.381. The Hall–Kier alpha value is -0.570. The summed E-state index contributed by atoms with van der Waals surface area (Å²) in [6.07, 6.45) is 6.94. The average Bonchev–Trinajstić information content (AvgIpc) is 2.25. The van der Waals surface area contributed by atoms with E-state index in [4.69, 9.17) is 5.26 Å². The predicted molar refractivity (Wildman–Crippen MR) is 60.5 cm³/mol. The van der Waals surface area contributed by atoms with Crippen LogP contribution >= 0.6 is 0 Å². The first kappa shape index (κ1) is 14.4. The highest BCUT2D eigenvalue weighted by atomic mass is 17.1. The highest BCUT2D eigenvalue weighted by molar-refractivity contribution is 5.75. The molecule has 0 aromatic carbocycles. The van der Waals surface area contributed by atoms with Crippen molar-refractivity contribution in [2.45, 2.75) is 65.7 Å². The minimum absolute atomic E-state index is 0.480. The van der Waals surface area contributed by atoms with Crippen molar-refractivity contribution in [3.63, 3.8) is 0 Å². The molecular weight excluding hydrogens is 192 g/mol. The summed E-state index contributed by atoms with van der Waals surface area (Å²) in [5, 5.41) is 8.48. The summed E-state index contributed by atoms with van der Waals surface area (Å²) < 4.78 is 0. The van der Waals surface area contributed by atoms with E-state index < -0.39 is 11.4 Å². The van der Waals surface area contributed by atoms with Crippen LogP contribution in [-0.2, 0) is 9.68 Å². The second-order valence-corrected chi connectivity index (χ2v) is 4.50. The van der Waals surface area contributed by atoms with Gasteiger partial charge in [0, 0.05) is 0 Å². The van der Waals surface area contributed by atoms with Gasteiger partial charge in [-0.05, 0) is 19.8 Å². The predicted octanol–water partition coefficient (Wildman–Crippen LogP) is 3.78. The zero-order valence-electron chi connectivity index (χ0n) is 10.2. The second kappa shape index (κ2) is 7.69. The van der Waals surface area contributed by atoms with Gasteiger partial charge in [0.1, 0.15) is 0 Å². The molecular formula is C12H24O3. The fraction of sp³-hybridized carbons (Fsp3) is 0.917. The van der Waals surface area contributed by atoms with Crippen molar-refractivity contribution >= 4 is 5.97 Å². The van der Waals surface area contributed by atoms with Gasteiger partial charge in [-0.2, -0.15) is 5.26 Å². The summed E-state index contributed by atoms with van der Waals surface area (Å²) in [5.74, 6) is -0.480. The van der Waals surface area contributed by atoms with Crippen LogP contribution in [0.25, 0.3) is 0 Å². The number of carbonyl (C=O) groups excluding carboxylic acids is 1. The van der Waals surface area contributed by atoms with Crippen LogP contribution in [-0.4, -0.2) is 11.2 Å². The molecule has 0 aromatic rings. The first-order valence-electron chi connectivity index (χ1n) is 5.96. The maximum absolute atomic E-state index is 11.5. The average molecular weight is 216 g/mol. The number of rotatable bonds is 8. The summed E-state index contributed by atoms with van der Waals surface area (Å²) in [6.45, 7) is 6.11. The van der Waals surface area contributed by atoms with E-state index in [2.05, 4.69) is 18.7 Å². The number of hydrogen-bond acceptors (Lipinski definition) is 3. The Kier molecular flexibility index (Phi) is 7.39. The summed E-state index contributed by atoms with van der Waals surface area (Å²) in [4.78, 5) is 15.4. The molecule has 0 spiro atoms. The highest BCUT2D eigenvalue weighted by Crippen LogP contribution is 2.32. The standard InChI is InChI=1S/C12H24O3/c1-4-6-8-10-12(3,9-7-5-2)11(13)15-14/h14H,4-10H2,1-3H3. The molecule has 0 aliphatic carbocycles. The Balaban J connectivity index is 4.20. The Bertz CT molecular complexity index is 180. The molecule has 0 aromatic heterocycles. The molecule has 0 amide bonds. The lowest BCUT2D eigenvalue weighted by Crippen LogP contribution is -2.29. The third kappa shape index (κ3) is 5.17. The minimum Gasteiger partial charge on any atom is -0.300 e. The van der Waals surface area contributed by atoms with Crippen LogP contribution in [0.5, 0.6) is 0 Å². The summed E-state index contributed by atoms with van der Waals surface area (Å²) in [7, 11) is 0. The fourth-order valence-electron chi connectivity index (χ4n) is 1.77. The second-order valence-electron chi connectivity index (χ2n) is 4.50. The topological polar surface area (TPSA) is 46.5 Å². The largest absolute Gasteiger partial charge is 0.347 e. The smallest absolute Gasteiger partial charge is 0.300 e. The zero-order valence-corrected chi connectivity index (χ0v) is 10.2. The van der Waals surface area contributed by atoms with Crippen LogP contribution in [0, 0.1) is 5.41 Å². The third-order valence-corrected chi connectivity index (χ3v) is 2.99. The van der Waals surface area contributed by atoms with E-state index >= 15 is 0 Å². The molecule has 0 heterocycles. The Morgan fingerprint density at radius 1 is 1.13 bits per heavy atom. The SMILES string of the molecule is CCCCCC(C)(CCCC)C(=O)OO. The van der Waals surface area contributed by atoms with Crippen molar-refractivity contribution in [1.29, 1.82) is 0 Å². The van der Waals surface area contributed by atoms with Gasteiger partial charge >= 0.3 is 5.97 Å². The van der Waals surface area contributed by atoms with E-state index in [1.54, 1.807) is 0 Å². The van der Waals surface area contributed by atoms with E-state index in [1.807, 2.05) is 6.92 Å². The minimum atomic E-state index is -0.500. The maximum Gasteiger partial charge on any atom is 0.347 e. The lowest BCUT2D eigenvalue weighted by molar-refractivity contribution is -0.245. The summed E-state index contributed by atoms with van der Waals surface area (Å²) in [5.41, 5.74) is -0.500. The van der Waals surface area contributed by atoms with Gasteiger partial charge in [-0.1, -0.05) is 46.0 Å². The van der Waals surface area contributed by atoms with E-state index in [-0.39, 0.29) is 0 Å². The first-order valence-corrected chi connectivity index (χ1v) is 5.96. The summed E-state index contributed by atoms with van der Waals surface area (Å²) >= 11 is 0. The third-order valence-electron chi connectivity index (χ3n) is 2.99. The molecule has 0 rings (SSSR count). The van der Waals surface area contributed by atoms with Crippen LogP contribution in [0.2, 0.25) is 0 Å². The van der Waals surface area contributed by atoms with Crippen LogP contribution in [0.15, 0.2) is 0 Å². The number of carbonyl (C=O) groups is 1. The van der Waals surface area contributed by atoms with Gasteiger partial charge in [-0.15, -0.1) is 0 Å². The molecule has 0 fully saturated rings. The van der Waals surface area contributed by atoms with Gasteiger partial charge in [0.2, 0.25) is 0 Å². The molecule has 3 heteroatoms. The number of hydrogen-bond donors (Lipinski definition) is 1. The van der Waals surface area contributed by atoms with Crippen LogP contribution in [0.4, 0.5) is 0 Å². The Morgan fingerprint density at radius 3 is 2.13 bits per heavy atom. The zero-order chi connectivity index (χ0) is 11.7. The Morgan fingerprint density at radius 2 is 1.67 bits per heavy atom. The van der Waals surface area contributed by atoms with Gasteiger partial charge in [-0.25, -0.2) is 4.79 Å². The first-order chi connectivity index (χ1) is 7.10. The van der Waals surface area contributed by atoms with Crippen molar-refractivity contribution in [2.75, 3.05) is 0 Å². The molecule has 1 N–H and O–H groups in total. The van der Waals surface area contributed by atoms with Gasteiger partial charge < -0.3 is 4.89 Å². The maximum atomic E-state index is 11.5. The van der Waals surface area contributed by atoms with Crippen molar-refractivity contribution < 1.29 is 14.9 Å². The molecule has 3 nitrogen and oxygen atoms in total. The Labute approximate surface area is 92.8 Å². The molecule has 0 saturated heterocycles. The van der Waals surface area contributed by atoms with Crippen molar-refractivity contribution in [3.8, 4) is 0 Å². The molecule has 0 saturated carbocycles.